The molecule has 1 amide bonds. The Balaban J connectivity index is 1.53. The summed E-state index contributed by atoms with van der Waals surface area (Å²) in [4.78, 5) is 14.4. The molecule has 1 aromatic heterocycles. The molecule has 0 spiro atoms. The van der Waals surface area contributed by atoms with E-state index in [1.54, 1.807) is 12.1 Å². The van der Waals surface area contributed by atoms with Gasteiger partial charge in [0, 0.05) is 23.1 Å². The minimum Gasteiger partial charge on any atom is -0.358 e. The number of H-pyrrole nitrogens is 1. The summed E-state index contributed by atoms with van der Waals surface area (Å²) in [6.07, 6.45) is 2.00. The molecule has 3 aromatic rings. The zero-order valence-electron chi connectivity index (χ0n) is 15.1. The maximum Gasteiger partial charge on any atom is 0.303 e. The number of rotatable bonds is 7. The van der Waals surface area contributed by atoms with Gasteiger partial charge in [-0.05, 0) is 48.7 Å². The molecule has 27 heavy (non-hydrogen) atoms. The lowest BCUT2D eigenvalue weighted by Gasteiger charge is -2.06. The van der Waals surface area contributed by atoms with Gasteiger partial charge in [0.05, 0.1) is 0 Å². The Labute approximate surface area is 156 Å². The first-order valence-electron chi connectivity index (χ1n) is 8.76. The number of hydrogen-bond donors (Lipinski definition) is 4. The van der Waals surface area contributed by atoms with Crippen LogP contribution in [0, 0.1) is 6.92 Å². The Morgan fingerprint density at radius 1 is 1.19 bits per heavy atom. The van der Waals surface area contributed by atoms with Crippen LogP contribution in [0.1, 0.15) is 22.4 Å². The quantitative estimate of drug-likeness (QED) is 0.223. The van der Waals surface area contributed by atoms with Gasteiger partial charge >= 0.3 is 5.91 Å². The van der Waals surface area contributed by atoms with Crippen molar-refractivity contribution in [3.63, 3.8) is 0 Å². The molecule has 4 N–H and O–H groups in total. The first kappa shape index (κ1) is 18.8. The zero-order valence-corrected chi connectivity index (χ0v) is 15.1. The van der Waals surface area contributed by atoms with Crippen molar-refractivity contribution in [1.82, 2.24) is 15.8 Å². The summed E-state index contributed by atoms with van der Waals surface area (Å²) in [5.74, 6) is -2.20. The van der Waals surface area contributed by atoms with Gasteiger partial charge in [0.15, 0.2) is 5.83 Å². The summed E-state index contributed by atoms with van der Waals surface area (Å²) in [6.45, 7) is 3.64. The molecule has 5 nitrogen and oxygen atoms in total. The summed E-state index contributed by atoms with van der Waals surface area (Å²) < 4.78 is 13.4. The summed E-state index contributed by atoms with van der Waals surface area (Å²) in [5, 5.41) is 13.1. The highest BCUT2D eigenvalue weighted by atomic mass is 19.1. The zero-order chi connectivity index (χ0) is 19.2. The Kier molecular flexibility index (Phi) is 6.01. The predicted octanol–water partition coefficient (Wildman–Crippen LogP) is 3.62. The fraction of sp³-hybridized carbons (Fsp3) is 0.190. The van der Waals surface area contributed by atoms with E-state index in [0.29, 0.717) is 12.1 Å². The molecular weight excluding hydrogens is 345 g/mol. The largest absolute Gasteiger partial charge is 0.358 e. The van der Waals surface area contributed by atoms with Crippen LogP contribution in [0.25, 0.3) is 17.0 Å². The van der Waals surface area contributed by atoms with Crippen molar-refractivity contribution in [2.24, 2.45) is 0 Å². The molecule has 3 rings (SSSR count). The van der Waals surface area contributed by atoms with Crippen LogP contribution < -0.4 is 10.8 Å². The van der Waals surface area contributed by atoms with E-state index in [4.69, 9.17) is 5.21 Å². The molecule has 0 saturated heterocycles. The van der Waals surface area contributed by atoms with Crippen LogP contribution in [0.3, 0.4) is 0 Å². The first-order valence-corrected chi connectivity index (χ1v) is 8.76. The lowest BCUT2D eigenvalue weighted by atomic mass is 10.1. The van der Waals surface area contributed by atoms with E-state index < -0.39 is 11.7 Å². The molecule has 2 aromatic carbocycles. The maximum absolute atomic E-state index is 13.4. The molecular formula is C21H22FN3O2. The standard InChI is InChI=1S/C21H22FN3O2/c1-14-17(18-4-2-3-5-20(18)24-14)10-11-23-13-16-8-6-15(7-9-16)12-19(22)21(26)25-27/h2-9,12,23-24,27H,10-11,13H2,1H3,(H,25,26)/b19-12+. The van der Waals surface area contributed by atoms with Crippen LogP contribution >= 0.6 is 0 Å². The number of benzene rings is 2. The summed E-state index contributed by atoms with van der Waals surface area (Å²) >= 11 is 0. The Morgan fingerprint density at radius 2 is 1.93 bits per heavy atom. The van der Waals surface area contributed by atoms with Gasteiger partial charge in [-0.3, -0.25) is 10.0 Å². The van der Waals surface area contributed by atoms with Crippen LogP contribution in [0.4, 0.5) is 4.39 Å². The highest BCUT2D eigenvalue weighted by molar-refractivity contribution is 5.94. The fourth-order valence-corrected chi connectivity index (χ4v) is 3.10. The molecule has 0 unspecified atom stereocenters. The summed E-state index contributed by atoms with van der Waals surface area (Å²) in [6, 6.07) is 15.5. The Morgan fingerprint density at radius 3 is 2.67 bits per heavy atom. The number of hydroxylamine groups is 1. The van der Waals surface area contributed by atoms with Gasteiger partial charge < -0.3 is 10.3 Å². The molecule has 1 heterocycles. The number of aromatic nitrogens is 1. The van der Waals surface area contributed by atoms with E-state index in [1.807, 2.05) is 18.2 Å². The van der Waals surface area contributed by atoms with Gasteiger partial charge in [0.25, 0.3) is 0 Å². The van der Waals surface area contributed by atoms with Crippen molar-refractivity contribution in [2.45, 2.75) is 19.9 Å². The van der Waals surface area contributed by atoms with Crippen LogP contribution in [0.15, 0.2) is 54.4 Å². The lowest BCUT2D eigenvalue weighted by molar-refractivity contribution is -0.126. The van der Waals surface area contributed by atoms with Gasteiger partial charge in [-0.1, -0.05) is 42.5 Å². The Hall–Kier alpha value is -2.96. The number of fused-ring (bicyclic) bond motifs is 1. The molecule has 0 atom stereocenters. The van der Waals surface area contributed by atoms with Gasteiger partial charge in [0.1, 0.15) is 0 Å². The number of carbonyl (C=O) groups excluding carboxylic acids is 1. The molecule has 140 valence electrons. The van der Waals surface area contributed by atoms with Crippen molar-refractivity contribution in [2.75, 3.05) is 6.54 Å². The smallest absolute Gasteiger partial charge is 0.303 e. The number of nitrogens with one attached hydrogen (secondary N) is 3. The van der Waals surface area contributed by atoms with Crippen molar-refractivity contribution < 1.29 is 14.4 Å². The van der Waals surface area contributed by atoms with Crippen LogP contribution in [0.2, 0.25) is 0 Å². The molecule has 0 radical (unpaired) electrons. The van der Waals surface area contributed by atoms with Gasteiger partial charge in [-0.25, -0.2) is 9.87 Å². The molecule has 0 fully saturated rings. The highest BCUT2D eigenvalue weighted by Crippen LogP contribution is 2.22. The predicted molar refractivity (Wildman–Crippen MR) is 104 cm³/mol. The average molecular weight is 367 g/mol. The second-order valence-corrected chi connectivity index (χ2v) is 6.38. The average Bonchev–Trinajstić information content (AvgIpc) is 3.01. The number of aryl methyl sites for hydroxylation is 1. The second kappa shape index (κ2) is 8.62. The normalized spacial score (nSPS) is 11.7. The van der Waals surface area contributed by atoms with Crippen LogP contribution in [0.5, 0.6) is 0 Å². The molecule has 0 aliphatic carbocycles. The molecule has 0 aliphatic rings. The Bertz CT molecular complexity index is 961. The summed E-state index contributed by atoms with van der Waals surface area (Å²) in [7, 11) is 0. The van der Waals surface area contributed by atoms with Crippen molar-refractivity contribution in [3.05, 3.63) is 76.7 Å². The third-order valence-corrected chi connectivity index (χ3v) is 4.50. The molecule has 0 bridgehead atoms. The van der Waals surface area contributed by atoms with Gasteiger partial charge in [-0.2, -0.15) is 0 Å². The number of carbonyl (C=O) groups is 1. The monoisotopic (exact) mass is 367 g/mol. The van der Waals surface area contributed by atoms with Crippen molar-refractivity contribution in [3.8, 4) is 0 Å². The molecule has 6 heteroatoms. The summed E-state index contributed by atoms with van der Waals surface area (Å²) in [5.41, 5.74) is 6.57. The van der Waals surface area contributed by atoms with Crippen molar-refractivity contribution >= 4 is 22.9 Å². The van der Waals surface area contributed by atoms with Crippen LogP contribution in [-0.4, -0.2) is 22.6 Å². The number of halogens is 1. The van der Waals surface area contributed by atoms with E-state index in [1.165, 1.54) is 22.1 Å². The number of aromatic amines is 1. The first-order chi connectivity index (χ1) is 13.1. The van der Waals surface area contributed by atoms with E-state index >= 15 is 0 Å². The highest BCUT2D eigenvalue weighted by Gasteiger charge is 2.08. The minimum atomic E-state index is -1.16. The number of hydrogen-bond acceptors (Lipinski definition) is 3. The molecule has 0 aliphatic heterocycles. The van der Waals surface area contributed by atoms with E-state index in [0.717, 1.165) is 30.1 Å². The minimum absolute atomic E-state index is 0.550. The van der Waals surface area contributed by atoms with Gasteiger partial charge in [0.2, 0.25) is 0 Å². The third kappa shape index (κ3) is 4.61. The second-order valence-electron chi connectivity index (χ2n) is 6.38. The molecule has 0 saturated carbocycles. The number of para-hydroxylation sites is 1. The van der Waals surface area contributed by atoms with Crippen LogP contribution in [-0.2, 0) is 17.8 Å². The van der Waals surface area contributed by atoms with E-state index in [-0.39, 0.29) is 0 Å². The van der Waals surface area contributed by atoms with E-state index in [2.05, 4.69) is 35.4 Å². The van der Waals surface area contributed by atoms with Crippen molar-refractivity contribution in [1.29, 1.82) is 0 Å². The van der Waals surface area contributed by atoms with Gasteiger partial charge in [-0.15, -0.1) is 0 Å². The van der Waals surface area contributed by atoms with E-state index in [9.17, 15) is 9.18 Å². The SMILES string of the molecule is Cc1[nH]c2ccccc2c1CCNCc1ccc(/C=C(/F)C(=O)NO)cc1. The topological polar surface area (TPSA) is 77.2 Å². The third-order valence-electron chi connectivity index (χ3n) is 4.50. The number of amides is 1. The maximum atomic E-state index is 13.4. The lowest BCUT2D eigenvalue weighted by Crippen LogP contribution is -2.18. The fourth-order valence-electron chi connectivity index (χ4n) is 3.10.